The molecule has 1 aromatic heterocycles. The first kappa shape index (κ1) is 19.9. The zero-order valence-electron chi connectivity index (χ0n) is 16.0. The molecule has 0 saturated carbocycles. The smallest absolute Gasteiger partial charge is 0.247 e. The van der Waals surface area contributed by atoms with Crippen LogP contribution >= 0.6 is 0 Å². The quantitative estimate of drug-likeness (QED) is 0.627. The Balaban J connectivity index is 1.93. The van der Waals surface area contributed by atoms with Crippen molar-refractivity contribution in [1.82, 2.24) is 14.5 Å². The molecule has 1 N–H and O–H groups in total. The van der Waals surface area contributed by atoms with Gasteiger partial charge in [-0.2, -0.15) is 9.40 Å². The number of rotatable bonds is 8. The van der Waals surface area contributed by atoms with Gasteiger partial charge in [0.25, 0.3) is 0 Å². The Bertz CT molecular complexity index is 963. The summed E-state index contributed by atoms with van der Waals surface area (Å²) in [4.78, 5) is 0.175. The fourth-order valence-corrected chi connectivity index (χ4v) is 4.37. The van der Waals surface area contributed by atoms with E-state index >= 15 is 0 Å². The Hall–Kier alpha value is -2.84. The summed E-state index contributed by atoms with van der Waals surface area (Å²) < 4.78 is 38.4. The summed E-state index contributed by atoms with van der Waals surface area (Å²) in [6, 6.07) is 14.7. The van der Waals surface area contributed by atoms with E-state index in [1.54, 1.807) is 21.1 Å². The Kier molecular flexibility index (Phi) is 6.01. The Labute approximate surface area is 165 Å². The molecule has 148 valence electrons. The summed E-state index contributed by atoms with van der Waals surface area (Å²) >= 11 is 0. The van der Waals surface area contributed by atoms with Crippen LogP contribution in [0.25, 0.3) is 0 Å². The van der Waals surface area contributed by atoms with Crippen molar-refractivity contribution in [3.05, 3.63) is 71.5 Å². The second-order valence-electron chi connectivity index (χ2n) is 6.33. The maximum atomic E-state index is 13.3. The van der Waals surface area contributed by atoms with E-state index in [4.69, 9.17) is 9.47 Å². The van der Waals surface area contributed by atoms with E-state index in [0.29, 0.717) is 5.69 Å². The lowest BCUT2D eigenvalue weighted by Gasteiger charge is -2.22. The van der Waals surface area contributed by atoms with E-state index in [1.807, 2.05) is 48.5 Å². The number of nitrogens with one attached hydrogen (secondary N) is 1. The minimum atomic E-state index is -3.74. The molecule has 7 nitrogen and oxygen atoms in total. The van der Waals surface area contributed by atoms with Gasteiger partial charge in [-0.1, -0.05) is 24.3 Å². The van der Waals surface area contributed by atoms with Crippen LogP contribution in [0, 0.1) is 6.92 Å². The summed E-state index contributed by atoms with van der Waals surface area (Å²) in [6.45, 7) is 2.14. The highest BCUT2D eigenvalue weighted by Crippen LogP contribution is 2.24. The van der Waals surface area contributed by atoms with Crippen LogP contribution in [0.5, 0.6) is 11.5 Å². The standard InChI is InChI=1S/C20H23N3O4S/c1-15-20(12-21-22-15)28(24,25)23(13-16-4-8-18(26-2)9-5-16)14-17-6-10-19(27-3)11-7-17/h4-12H,13-14H2,1-3H3,(H,21,22). The van der Waals surface area contributed by atoms with E-state index in [2.05, 4.69) is 10.2 Å². The lowest BCUT2D eigenvalue weighted by atomic mass is 10.2. The van der Waals surface area contributed by atoms with E-state index in [-0.39, 0.29) is 18.0 Å². The van der Waals surface area contributed by atoms with Crippen LogP contribution in [-0.2, 0) is 23.1 Å². The molecule has 3 rings (SSSR count). The molecule has 0 aliphatic heterocycles. The largest absolute Gasteiger partial charge is 0.497 e. The van der Waals surface area contributed by atoms with Crippen LogP contribution in [0.4, 0.5) is 0 Å². The molecule has 28 heavy (non-hydrogen) atoms. The summed E-state index contributed by atoms with van der Waals surface area (Å²) in [6.07, 6.45) is 1.35. The van der Waals surface area contributed by atoms with Gasteiger partial charge in [-0.15, -0.1) is 0 Å². The van der Waals surface area contributed by atoms with Crippen molar-refractivity contribution in [2.24, 2.45) is 0 Å². The molecule has 0 bridgehead atoms. The lowest BCUT2D eigenvalue weighted by Crippen LogP contribution is -2.30. The number of ether oxygens (including phenoxy) is 2. The zero-order chi connectivity index (χ0) is 20.1. The van der Waals surface area contributed by atoms with Crippen LogP contribution in [0.15, 0.2) is 59.6 Å². The molecule has 0 radical (unpaired) electrons. The van der Waals surface area contributed by atoms with Crippen molar-refractivity contribution in [1.29, 1.82) is 0 Å². The number of aryl methyl sites for hydroxylation is 1. The third kappa shape index (κ3) is 4.35. The van der Waals surface area contributed by atoms with Crippen molar-refractivity contribution < 1.29 is 17.9 Å². The topological polar surface area (TPSA) is 84.5 Å². The fraction of sp³-hybridized carbons (Fsp3) is 0.250. The van der Waals surface area contributed by atoms with Gasteiger partial charge in [-0.25, -0.2) is 8.42 Å². The summed E-state index contributed by atoms with van der Waals surface area (Å²) in [7, 11) is -0.550. The van der Waals surface area contributed by atoms with Crippen molar-refractivity contribution in [3.8, 4) is 11.5 Å². The summed E-state index contributed by atoms with van der Waals surface area (Å²) in [5.74, 6) is 1.44. The first-order chi connectivity index (χ1) is 13.4. The fourth-order valence-electron chi connectivity index (χ4n) is 2.83. The first-order valence-electron chi connectivity index (χ1n) is 8.70. The average Bonchev–Trinajstić information content (AvgIpc) is 3.15. The number of methoxy groups -OCH3 is 2. The predicted molar refractivity (Wildman–Crippen MR) is 106 cm³/mol. The normalized spacial score (nSPS) is 11.6. The van der Waals surface area contributed by atoms with Crippen LogP contribution in [0.3, 0.4) is 0 Å². The molecule has 0 fully saturated rings. The van der Waals surface area contributed by atoms with Crippen LogP contribution < -0.4 is 9.47 Å². The third-order valence-corrected chi connectivity index (χ3v) is 6.34. The highest BCUT2D eigenvalue weighted by atomic mass is 32.2. The molecule has 3 aromatic rings. The van der Waals surface area contributed by atoms with Gasteiger partial charge in [-0.3, -0.25) is 5.10 Å². The molecule has 0 spiro atoms. The summed E-state index contributed by atoms with van der Waals surface area (Å²) in [5.41, 5.74) is 2.23. The van der Waals surface area contributed by atoms with Crippen LogP contribution in [-0.4, -0.2) is 37.1 Å². The van der Waals surface area contributed by atoms with Crippen LogP contribution in [0.2, 0.25) is 0 Å². The van der Waals surface area contributed by atoms with Gasteiger partial charge in [0, 0.05) is 13.1 Å². The zero-order valence-corrected chi connectivity index (χ0v) is 16.9. The maximum Gasteiger partial charge on any atom is 0.247 e. The minimum absolute atomic E-state index is 0.175. The van der Waals surface area contributed by atoms with Gasteiger partial charge in [0.2, 0.25) is 10.0 Å². The number of aromatic nitrogens is 2. The van der Waals surface area contributed by atoms with E-state index < -0.39 is 10.0 Å². The van der Waals surface area contributed by atoms with Crippen molar-refractivity contribution in [2.75, 3.05) is 14.2 Å². The highest BCUT2D eigenvalue weighted by molar-refractivity contribution is 7.89. The molecule has 2 aromatic carbocycles. The number of hydrogen-bond donors (Lipinski definition) is 1. The Morgan fingerprint density at radius 3 is 1.71 bits per heavy atom. The van der Waals surface area contributed by atoms with E-state index in [1.165, 1.54) is 10.5 Å². The predicted octanol–water partition coefficient (Wildman–Crippen LogP) is 3.13. The molecular weight excluding hydrogens is 378 g/mol. The van der Waals surface area contributed by atoms with Crippen molar-refractivity contribution in [3.63, 3.8) is 0 Å². The number of benzene rings is 2. The second-order valence-corrected chi connectivity index (χ2v) is 8.23. The molecule has 0 saturated heterocycles. The molecular formula is C20H23N3O4S. The van der Waals surface area contributed by atoms with Gasteiger partial charge in [-0.05, 0) is 42.3 Å². The van der Waals surface area contributed by atoms with Crippen molar-refractivity contribution in [2.45, 2.75) is 24.9 Å². The number of H-pyrrole nitrogens is 1. The Morgan fingerprint density at radius 2 is 1.36 bits per heavy atom. The maximum absolute atomic E-state index is 13.3. The SMILES string of the molecule is COc1ccc(CN(Cc2ccc(OC)cc2)S(=O)(=O)c2cn[nH]c2C)cc1. The highest BCUT2D eigenvalue weighted by Gasteiger charge is 2.27. The number of hydrogen-bond acceptors (Lipinski definition) is 5. The molecule has 0 aliphatic carbocycles. The van der Waals surface area contributed by atoms with Crippen molar-refractivity contribution >= 4 is 10.0 Å². The molecule has 1 heterocycles. The first-order valence-corrected chi connectivity index (χ1v) is 10.1. The van der Waals surface area contributed by atoms with E-state index in [0.717, 1.165) is 22.6 Å². The monoisotopic (exact) mass is 401 g/mol. The van der Waals surface area contributed by atoms with Gasteiger partial charge in [0.1, 0.15) is 16.4 Å². The third-order valence-electron chi connectivity index (χ3n) is 4.44. The molecule has 0 atom stereocenters. The number of sulfonamides is 1. The van der Waals surface area contributed by atoms with Gasteiger partial charge in [0.15, 0.2) is 0 Å². The number of nitrogens with zero attached hydrogens (tertiary/aromatic N) is 2. The summed E-state index contributed by atoms with van der Waals surface area (Å²) in [5, 5.41) is 6.56. The average molecular weight is 401 g/mol. The van der Waals surface area contributed by atoms with Gasteiger partial charge < -0.3 is 9.47 Å². The lowest BCUT2D eigenvalue weighted by molar-refractivity contribution is 0.397. The molecule has 0 amide bonds. The van der Waals surface area contributed by atoms with Crippen LogP contribution in [0.1, 0.15) is 16.8 Å². The molecule has 0 aliphatic rings. The van der Waals surface area contributed by atoms with E-state index in [9.17, 15) is 8.42 Å². The molecule has 0 unspecified atom stereocenters. The Morgan fingerprint density at radius 1 is 0.893 bits per heavy atom. The second kappa shape index (κ2) is 8.45. The van der Waals surface area contributed by atoms with Gasteiger partial charge >= 0.3 is 0 Å². The minimum Gasteiger partial charge on any atom is -0.497 e. The molecule has 8 heteroatoms. The number of aromatic amines is 1. The van der Waals surface area contributed by atoms with Gasteiger partial charge in [0.05, 0.1) is 26.1 Å².